The third kappa shape index (κ3) is 4.27. The first-order chi connectivity index (χ1) is 9.99. The van der Waals surface area contributed by atoms with E-state index in [2.05, 4.69) is 9.64 Å². The van der Waals surface area contributed by atoms with Gasteiger partial charge in [0.1, 0.15) is 5.82 Å². The maximum atomic E-state index is 13.8. The second kappa shape index (κ2) is 7.02. The van der Waals surface area contributed by atoms with E-state index in [1.165, 1.54) is 30.6 Å². The largest absolute Gasteiger partial charge is 0.465 e. The van der Waals surface area contributed by atoms with Crippen LogP contribution in [0.4, 0.5) is 4.39 Å². The molecular formula is C15H15ClFNO2S. The van der Waals surface area contributed by atoms with Gasteiger partial charge in [-0.05, 0) is 36.9 Å². The Morgan fingerprint density at radius 3 is 2.67 bits per heavy atom. The van der Waals surface area contributed by atoms with Gasteiger partial charge in [0.05, 0.1) is 17.0 Å². The lowest BCUT2D eigenvalue weighted by Crippen LogP contribution is -2.17. The summed E-state index contributed by atoms with van der Waals surface area (Å²) in [5.41, 5.74) is 0.749. The number of hydrogen-bond donors (Lipinski definition) is 0. The number of carbonyl (C=O) groups excluding carboxylic acids is 1. The molecule has 0 atom stereocenters. The molecule has 0 fully saturated rings. The van der Waals surface area contributed by atoms with E-state index >= 15 is 0 Å². The number of esters is 1. The standard InChI is InChI=1S/C15H15ClFNO2S/c1-18(9-11-4-6-14(16)21-11)8-10-3-5-12(13(17)7-10)15(19)20-2/h3-7H,8-9H2,1-2H3. The summed E-state index contributed by atoms with van der Waals surface area (Å²) in [6.07, 6.45) is 0. The molecule has 0 aliphatic heterocycles. The van der Waals surface area contributed by atoms with E-state index in [9.17, 15) is 9.18 Å². The van der Waals surface area contributed by atoms with Gasteiger partial charge in [-0.15, -0.1) is 11.3 Å². The molecule has 0 radical (unpaired) electrons. The number of thiophene rings is 1. The molecule has 6 heteroatoms. The third-order valence-electron chi connectivity index (χ3n) is 2.95. The Hall–Kier alpha value is -1.43. The van der Waals surface area contributed by atoms with Crippen LogP contribution in [-0.2, 0) is 17.8 Å². The van der Waals surface area contributed by atoms with Crippen molar-refractivity contribution in [2.45, 2.75) is 13.1 Å². The van der Waals surface area contributed by atoms with Gasteiger partial charge in [0.15, 0.2) is 0 Å². The lowest BCUT2D eigenvalue weighted by molar-refractivity contribution is 0.0595. The molecule has 2 rings (SSSR count). The van der Waals surface area contributed by atoms with Gasteiger partial charge in [0.25, 0.3) is 0 Å². The molecule has 2 aromatic rings. The van der Waals surface area contributed by atoms with Crippen molar-refractivity contribution < 1.29 is 13.9 Å². The minimum absolute atomic E-state index is 0.0473. The highest BCUT2D eigenvalue weighted by molar-refractivity contribution is 7.16. The molecule has 0 aliphatic rings. The molecule has 0 amide bonds. The van der Waals surface area contributed by atoms with Crippen molar-refractivity contribution in [2.24, 2.45) is 0 Å². The summed E-state index contributed by atoms with van der Waals surface area (Å²) in [5.74, 6) is -1.23. The van der Waals surface area contributed by atoms with E-state index in [1.807, 2.05) is 19.2 Å². The Bertz CT molecular complexity index is 644. The first-order valence-electron chi connectivity index (χ1n) is 6.29. The molecule has 0 bridgehead atoms. The SMILES string of the molecule is COC(=O)c1ccc(CN(C)Cc2ccc(Cl)s2)cc1F. The van der Waals surface area contributed by atoms with Gasteiger partial charge < -0.3 is 4.74 Å². The van der Waals surface area contributed by atoms with Crippen molar-refractivity contribution in [3.05, 3.63) is 56.5 Å². The van der Waals surface area contributed by atoms with Gasteiger partial charge in [-0.25, -0.2) is 9.18 Å². The molecule has 21 heavy (non-hydrogen) atoms. The van der Waals surface area contributed by atoms with Gasteiger partial charge in [-0.2, -0.15) is 0 Å². The Balaban J connectivity index is 2.02. The summed E-state index contributed by atoms with van der Waals surface area (Å²) in [5, 5.41) is 0. The first kappa shape index (κ1) is 15.9. The molecule has 0 aliphatic carbocycles. The van der Waals surface area contributed by atoms with Crippen LogP contribution in [0.2, 0.25) is 4.34 Å². The van der Waals surface area contributed by atoms with Crippen molar-refractivity contribution in [2.75, 3.05) is 14.2 Å². The number of methoxy groups -OCH3 is 1. The van der Waals surface area contributed by atoms with E-state index in [0.29, 0.717) is 6.54 Å². The van der Waals surface area contributed by atoms with Crippen LogP contribution in [0.5, 0.6) is 0 Å². The monoisotopic (exact) mass is 327 g/mol. The van der Waals surface area contributed by atoms with Crippen LogP contribution >= 0.6 is 22.9 Å². The minimum atomic E-state index is -0.666. The lowest BCUT2D eigenvalue weighted by Gasteiger charge is -2.16. The van der Waals surface area contributed by atoms with E-state index in [-0.39, 0.29) is 5.56 Å². The summed E-state index contributed by atoms with van der Waals surface area (Å²) in [4.78, 5) is 14.5. The zero-order valence-corrected chi connectivity index (χ0v) is 13.3. The molecule has 1 aromatic heterocycles. The first-order valence-corrected chi connectivity index (χ1v) is 7.48. The van der Waals surface area contributed by atoms with Gasteiger partial charge in [0.2, 0.25) is 0 Å². The maximum absolute atomic E-state index is 13.8. The van der Waals surface area contributed by atoms with Crippen molar-refractivity contribution in [3.63, 3.8) is 0 Å². The maximum Gasteiger partial charge on any atom is 0.340 e. The number of hydrogen-bond acceptors (Lipinski definition) is 4. The fourth-order valence-corrected chi connectivity index (χ4v) is 3.17. The summed E-state index contributed by atoms with van der Waals surface area (Å²) in [6, 6.07) is 8.38. The van der Waals surface area contributed by atoms with Crippen molar-refractivity contribution >= 4 is 28.9 Å². The van der Waals surface area contributed by atoms with E-state index in [4.69, 9.17) is 11.6 Å². The number of halogens is 2. The summed E-state index contributed by atoms with van der Waals surface area (Å²) < 4.78 is 19.1. The predicted octanol–water partition coefficient (Wildman–Crippen LogP) is 3.96. The van der Waals surface area contributed by atoms with Gasteiger partial charge in [-0.3, -0.25) is 4.90 Å². The minimum Gasteiger partial charge on any atom is -0.465 e. The number of ether oxygens (including phenoxy) is 1. The lowest BCUT2D eigenvalue weighted by atomic mass is 10.1. The van der Waals surface area contributed by atoms with Crippen LogP contribution in [0.25, 0.3) is 0 Å². The fourth-order valence-electron chi connectivity index (χ4n) is 2.00. The molecule has 1 heterocycles. The second-order valence-corrected chi connectivity index (χ2v) is 6.48. The Morgan fingerprint density at radius 1 is 1.33 bits per heavy atom. The highest BCUT2D eigenvalue weighted by Crippen LogP contribution is 2.23. The second-order valence-electron chi connectivity index (χ2n) is 4.68. The summed E-state index contributed by atoms with van der Waals surface area (Å²) in [7, 11) is 3.18. The molecule has 112 valence electrons. The average molecular weight is 328 g/mol. The molecule has 0 N–H and O–H groups in total. The van der Waals surface area contributed by atoms with E-state index in [0.717, 1.165) is 21.3 Å². The molecular weight excluding hydrogens is 313 g/mol. The number of benzene rings is 1. The van der Waals surface area contributed by atoms with Crippen molar-refractivity contribution in [1.82, 2.24) is 4.90 Å². The average Bonchev–Trinajstić information content (AvgIpc) is 2.83. The molecule has 1 aromatic carbocycles. The summed E-state index contributed by atoms with van der Waals surface area (Å²) >= 11 is 7.42. The molecule has 3 nitrogen and oxygen atoms in total. The normalized spacial score (nSPS) is 10.9. The fraction of sp³-hybridized carbons (Fsp3) is 0.267. The quantitative estimate of drug-likeness (QED) is 0.778. The zero-order chi connectivity index (χ0) is 15.4. The van der Waals surface area contributed by atoms with Crippen LogP contribution < -0.4 is 0 Å². The van der Waals surface area contributed by atoms with Crippen LogP contribution in [0.1, 0.15) is 20.8 Å². The van der Waals surface area contributed by atoms with Crippen LogP contribution in [0, 0.1) is 5.82 Å². The topological polar surface area (TPSA) is 29.5 Å². The van der Waals surface area contributed by atoms with Crippen molar-refractivity contribution in [1.29, 1.82) is 0 Å². The smallest absolute Gasteiger partial charge is 0.340 e. The zero-order valence-electron chi connectivity index (χ0n) is 11.7. The highest BCUT2D eigenvalue weighted by atomic mass is 35.5. The van der Waals surface area contributed by atoms with E-state index < -0.39 is 11.8 Å². The predicted molar refractivity (Wildman–Crippen MR) is 82.2 cm³/mol. The van der Waals surface area contributed by atoms with Crippen LogP contribution in [-0.4, -0.2) is 25.0 Å². The molecule has 0 spiro atoms. The Labute approximate surface area is 131 Å². The molecule has 0 saturated heterocycles. The van der Waals surface area contributed by atoms with E-state index in [1.54, 1.807) is 6.07 Å². The van der Waals surface area contributed by atoms with Crippen LogP contribution in [0.3, 0.4) is 0 Å². The molecule has 0 unspecified atom stereocenters. The van der Waals surface area contributed by atoms with Gasteiger partial charge in [0, 0.05) is 18.0 Å². The Morgan fingerprint density at radius 2 is 2.10 bits per heavy atom. The van der Waals surface area contributed by atoms with Gasteiger partial charge in [-0.1, -0.05) is 17.7 Å². The highest BCUT2D eigenvalue weighted by Gasteiger charge is 2.13. The number of carbonyl (C=O) groups is 1. The Kier molecular flexibility index (Phi) is 5.33. The third-order valence-corrected chi connectivity index (χ3v) is 4.16. The van der Waals surface area contributed by atoms with Crippen molar-refractivity contribution in [3.8, 4) is 0 Å². The van der Waals surface area contributed by atoms with Crippen LogP contribution in [0.15, 0.2) is 30.3 Å². The van der Waals surface area contributed by atoms with Gasteiger partial charge >= 0.3 is 5.97 Å². The molecule has 0 saturated carbocycles. The number of nitrogens with zero attached hydrogens (tertiary/aromatic N) is 1. The summed E-state index contributed by atoms with van der Waals surface area (Å²) in [6.45, 7) is 1.31. The number of rotatable bonds is 5.